The molecule has 0 rings (SSSR count). The van der Waals surface area contributed by atoms with Gasteiger partial charge in [0.15, 0.2) is 0 Å². The number of hydrogen-bond donors (Lipinski definition) is 0. The molecular weight excluding hydrogens is 291 g/mol. The van der Waals surface area contributed by atoms with Crippen LogP contribution in [0.15, 0.2) is 0 Å². The third kappa shape index (κ3) is 7.43. The fraction of sp³-hybridized carbons (Fsp3) is 0.889. The van der Waals surface area contributed by atoms with Gasteiger partial charge in [-0.3, -0.25) is 0 Å². The summed E-state index contributed by atoms with van der Waals surface area (Å²) in [5, 5.41) is 0. The molecule has 84 valence electrons. The van der Waals surface area contributed by atoms with Crippen molar-refractivity contribution in [1.82, 2.24) is 0 Å². The van der Waals surface area contributed by atoms with Crippen LogP contribution < -0.4 is 0 Å². The van der Waals surface area contributed by atoms with Crippen LogP contribution in [0.2, 0.25) is 9.88 Å². The van der Waals surface area contributed by atoms with E-state index in [1.807, 2.05) is 23.7 Å². The van der Waals surface area contributed by atoms with Gasteiger partial charge in [-0.2, -0.15) is 0 Å². The van der Waals surface area contributed by atoms with Crippen molar-refractivity contribution in [2.75, 3.05) is 0 Å². The summed E-state index contributed by atoms with van der Waals surface area (Å²) in [6.45, 7) is 7.42. The van der Waals surface area contributed by atoms with Crippen LogP contribution >= 0.6 is 0 Å². The third-order valence-electron chi connectivity index (χ3n) is 1.18. The average molecular weight is 311 g/mol. The standard InChI is InChI=1S/C4H8O3.C3H7O.2CH3.Sn/c1-3(2)7-4(5)6;1-3(2)4;;;/h3H,1-2H3,(H,5,6);3H,1-2H3;2*1H3;/q;-1;;;+2/p-1. The van der Waals surface area contributed by atoms with Crippen LogP contribution in [-0.2, 0) is 10.9 Å². The van der Waals surface area contributed by atoms with Crippen molar-refractivity contribution in [3.8, 4) is 0 Å². The molecule has 0 aliphatic carbocycles. The monoisotopic (exact) mass is 312 g/mol. The maximum absolute atomic E-state index is 11.2. The van der Waals surface area contributed by atoms with Gasteiger partial charge in [0.1, 0.15) is 0 Å². The molecule has 0 atom stereocenters. The number of hydrogen-bond acceptors (Lipinski definition) is 4. The first-order chi connectivity index (χ1) is 6.23. The molecule has 0 saturated heterocycles. The predicted molar refractivity (Wildman–Crippen MR) is 56.4 cm³/mol. The van der Waals surface area contributed by atoms with Gasteiger partial charge in [0, 0.05) is 0 Å². The van der Waals surface area contributed by atoms with Crippen molar-refractivity contribution in [3.05, 3.63) is 0 Å². The number of carbonyl (C=O) groups is 1. The second-order valence-corrected chi connectivity index (χ2v) is 13.3. The van der Waals surface area contributed by atoms with Crippen LogP contribution in [0.25, 0.3) is 0 Å². The van der Waals surface area contributed by atoms with Crippen LogP contribution in [0, 0.1) is 0 Å². The molecule has 5 heteroatoms. The Labute approximate surface area is 90.9 Å². The molecule has 0 spiro atoms. The summed E-state index contributed by atoms with van der Waals surface area (Å²) in [5.41, 5.74) is 0. The van der Waals surface area contributed by atoms with E-state index in [1.54, 1.807) is 13.8 Å². The topological polar surface area (TPSA) is 44.8 Å². The normalized spacial score (nSPS) is 12.0. The summed E-state index contributed by atoms with van der Waals surface area (Å²) in [5.74, 6) is 0. The molecule has 0 radical (unpaired) electrons. The Morgan fingerprint density at radius 1 is 1.07 bits per heavy atom. The molecule has 0 aromatic heterocycles. The quantitative estimate of drug-likeness (QED) is 0.591. The molecule has 0 aromatic carbocycles. The Morgan fingerprint density at radius 2 is 1.57 bits per heavy atom. The summed E-state index contributed by atoms with van der Waals surface area (Å²) in [4.78, 5) is 14.9. The van der Waals surface area contributed by atoms with Gasteiger partial charge in [-0.25, -0.2) is 0 Å². The number of carbonyl (C=O) groups excluding carboxylic acids is 1. The van der Waals surface area contributed by atoms with Crippen LogP contribution in [0.3, 0.4) is 0 Å². The van der Waals surface area contributed by atoms with Gasteiger partial charge in [-0.1, -0.05) is 0 Å². The first kappa shape index (κ1) is 14.0. The van der Waals surface area contributed by atoms with Gasteiger partial charge in [0.25, 0.3) is 0 Å². The summed E-state index contributed by atoms with van der Waals surface area (Å²) in [6.07, 6.45) is -0.669. The Kier molecular flexibility index (Phi) is 5.81. The van der Waals surface area contributed by atoms with Gasteiger partial charge in [-0.15, -0.1) is 0 Å². The van der Waals surface area contributed by atoms with Crippen molar-refractivity contribution in [2.45, 2.75) is 49.8 Å². The number of ether oxygens (including phenoxy) is 1. The van der Waals surface area contributed by atoms with Gasteiger partial charge in [-0.05, 0) is 0 Å². The molecule has 0 fully saturated rings. The Bertz CT molecular complexity index is 189. The first-order valence-corrected chi connectivity index (χ1v) is 12.8. The first-order valence-electron chi connectivity index (χ1n) is 4.80. The van der Waals surface area contributed by atoms with Crippen molar-refractivity contribution >= 4 is 25.4 Å². The Hall–Kier alpha value is 0.0287. The molecule has 14 heavy (non-hydrogen) atoms. The fourth-order valence-electron chi connectivity index (χ4n) is 1.01. The minimum atomic E-state index is -3.10. The van der Waals surface area contributed by atoms with Crippen LogP contribution in [0.4, 0.5) is 4.79 Å². The zero-order valence-electron chi connectivity index (χ0n) is 9.79. The molecular formula is C9H20O4Sn. The van der Waals surface area contributed by atoms with E-state index in [0.29, 0.717) is 0 Å². The van der Waals surface area contributed by atoms with Gasteiger partial charge in [0.2, 0.25) is 0 Å². The van der Waals surface area contributed by atoms with Crippen molar-refractivity contribution < 1.29 is 15.7 Å². The molecule has 0 heterocycles. The molecule has 0 bridgehead atoms. The van der Waals surface area contributed by atoms with E-state index < -0.39 is 25.4 Å². The minimum absolute atomic E-state index is 0.0904. The maximum atomic E-state index is 11.2. The average Bonchev–Trinajstić information content (AvgIpc) is 1.77. The van der Waals surface area contributed by atoms with E-state index in [1.165, 1.54) is 0 Å². The molecule has 0 aliphatic rings. The van der Waals surface area contributed by atoms with E-state index in [-0.39, 0.29) is 12.2 Å². The molecule has 0 aromatic rings. The molecule has 0 saturated carbocycles. The van der Waals surface area contributed by atoms with E-state index in [0.717, 1.165) is 0 Å². The van der Waals surface area contributed by atoms with Gasteiger partial charge in [0.05, 0.1) is 0 Å². The van der Waals surface area contributed by atoms with Crippen LogP contribution in [-0.4, -0.2) is 37.6 Å². The van der Waals surface area contributed by atoms with E-state index >= 15 is 0 Å². The SMILES string of the molecule is CC(C)OC(=O)[O][Sn]([CH3])([CH3])[O]C(C)C. The Balaban J connectivity index is 4.01. The van der Waals surface area contributed by atoms with Crippen molar-refractivity contribution in [2.24, 2.45) is 0 Å². The third-order valence-corrected chi connectivity index (χ3v) is 6.02. The summed E-state index contributed by atoms with van der Waals surface area (Å²) in [7, 11) is 0. The van der Waals surface area contributed by atoms with E-state index in [4.69, 9.17) is 10.9 Å². The van der Waals surface area contributed by atoms with E-state index in [9.17, 15) is 4.79 Å². The predicted octanol–water partition coefficient (Wildman–Crippen LogP) is 2.67. The Morgan fingerprint density at radius 3 is 1.93 bits per heavy atom. The molecule has 4 nitrogen and oxygen atoms in total. The van der Waals surface area contributed by atoms with Gasteiger partial charge >= 0.3 is 90.8 Å². The zero-order chi connectivity index (χ0) is 11.4. The van der Waals surface area contributed by atoms with Crippen molar-refractivity contribution in [3.63, 3.8) is 0 Å². The van der Waals surface area contributed by atoms with Gasteiger partial charge < -0.3 is 0 Å². The number of rotatable bonds is 4. The fourth-order valence-corrected chi connectivity index (χ4v) is 5.67. The molecule has 0 unspecified atom stereocenters. The zero-order valence-corrected chi connectivity index (χ0v) is 12.6. The summed E-state index contributed by atoms with van der Waals surface area (Å²) >= 11 is -3.10. The van der Waals surface area contributed by atoms with Crippen molar-refractivity contribution in [1.29, 1.82) is 0 Å². The molecule has 0 N–H and O–H groups in total. The molecule has 0 amide bonds. The van der Waals surface area contributed by atoms with Crippen LogP contribution in [0.5, 0.6) is 0 Å². The van der Waals surface area contributed by atoms with Crippen LogP contribution in [0.1, 0.15) is 27.7 Å². The summed E-state index contributed by atoms with van der Waals surface area (Å²) in [6, 6.07) is 0. The molecule has 0 aliphatic heterocycles. The second kappa shape index (κ2) is 5.80. The summed E-state index contributed by atoms with van der Waals surface area (Å²) < 4.78 is 15.6. The van der Waals surface area contributed by atoms with E-state index in [2.05, 4.69) is 0 Å². The second-order valence-electron chi connectivity index (χ2n) is 4.09.